The van der Waals surface area contributed by atoms with Gasteiger partial charge in [0.15, 0.2) is 0 Å². The van der Waals surface area contributed by atoms with E-state index in [1.165, 1.54) is 10.6 Å². The number of carboxylic acid groups (broad SMARTS) is 1. The normalized spacial score (nSPS) is 11.8. The van der Waals surface area contributed by atoms with Gasteiger partial charge in [0.2, 0.25) is 0 Å². The molecule has 0 aliphatic carbocycles. The molecule has 0 spiro atoms. The van der Waals surface area contributed by atoms with Gasteiger partial charge in [-0.15, -0.1) is 0 Å². The van der Waals surface area contributed by atoms with E-state index in [-0.39, 0.29) is 19.0 Å². The maximum atomic E-state index is 11.0. The lowest BCUT2D eigenvalue weighted by atomic mass is 10.4. The summed E-state index contributed by atoms with van der Waals surface area (Å²) >= 11 is 0. The monoisotopic (exact) mass is 271 g/mol. The summed E-state index contributed by atoms with van der Waals surface area (Å²) in [6.07, 6.45) is 0. The molecule has 1 rings (SSSR count). The minimum Gasteiger partial charge on any atom is -0.477 e. The molecule has 0 aliphatic rings. The molecule has 0 aromatic carbocycles. The van der Waals surface area contributed by atoms with E-state index in [2.05, 4.69) is 19.6 Å². The first-order valence-corrected chi connectivity index (χ1v) is 9.66. The molecule has 0 aliphatic heterocycles. The molecular weight excluding hydrogens is 250 g/mol. The number of nitrogens with zero attached hydrogens (tertiary/aromatic N) is 1. The van der Waals surface area contributed by atoms with Gasteiger partial charge in [0, 0.05) is 20.4 Å². The average molecular weight is 271 g/mol. The number of aliphatic hydroxyl groups is 1. The molecule has 0 amide bonds. The zero-order chi connectivity index (χ0) is 13.8. The number of carbonyl (C=O) groups is 1. The molecule has 0 saturated carbocycles. The zero-order valence-electron chi connectivity index (χ0n) is 11.1. The van der Waals surface area contributed by atoms with Crippen LogP contribution in [0.25, 0.3) is 0 Å². The van der Waals surface area contributed by atoms with Crippen molar-refractivity contribution in [2.45, 2.75) is 39.0 Å². The van der Waals surface area contributed by atoms with Crippen LogP contribution in [0.5, 0.6) is 0 Å². The second-order valence-corrected chi connectivity index (χ2v) is 11.1. The Balaban J connectivity index is 2.60. The van der Waals surface area contributed by atoms with Crippen LogP contribution in [0.15, 0.2) is 12.1 Å². The van der Waals surface area contributed by atoms with Crippen molar-refractivity contribution < 1.29 is 19.7 Å². The highest BCUT2D eigenvalue weighted by molar-refractivity contribution is 6.76. The molecule has 5 nitrogen and oxygen atoms in total. The van der Waals surface area contributed by atoms with Gasteiger partial charge in [0.1, 0.15) is 12.4 Å². The third-order valence-electron chi connectivity index (χ3n) is 2.67. The lowest BCUT2D eigenvalue weighted by Crippen LogP contribution is -2.22. The van der Waals surface area contributed by atoms with Gasteiger partial charge in [-0.1, -0.05) is 19.6 Å². The predicted octanol–water partition coefficient (Wildman–Crippen LogP) is 1.99. The number of ether oxygens (including phenoxy) is 1. The van der Waals surface area contributed by atoms with Crippen LogP contribution in [0.2, 0.25) is 25.7 Å². The summed E-state index contributed by atoms with van der Waals surface area (Å²) in [4.78, 5) is 11.0. The Labute approximate surface area is 108 Å². The third-order valence-corrected chi connectivity index (χ3v) is 4.37. The molecule has 0 saturated heterocycles. The van der Waals surface area contributed by atoms with Crippen molar-refractivity contribution in [3.8, 4) is 0 Å². The van der Waals surface area contributed by atoms with E-state index in [0.29, 0.717) is 12.3 Å². The highest BCUT2D eigenvalue weighted by Crippen LogP contribution is 2.12. The van der Waals surface area contributed by atoms with Crippen molar-refractivity contribution in [1.29, 1.82) is 0 Å². The molecule has 1 aromatic heterocycles. The largest absolute Gasteiger partial charge is 0.477 e. The summed E-state index contributed by atoms with van der Waals surface area (Å²) < 4.78 is 7.00. The minimum absolute atomic E-state index is 0.145. The number of hydrogen-bond donors (Lipinski definition) is 2. The van der Waals surface area contributed by atoms with Crippen LogP contribution >= 0.6 is 0 Å². The summed E-state index contributed by atoms with van der Waals surface area (Å²) in [7, 11) is -1.14. The van der Waals surface area contributed by atoms with Gasteiger partial charge in [-0.2, -0.15) is 0 Å². The molecule has 6 heteroatoms. The van der Waals surface area contributed by atoms with Gasteiger partial charge < -0.3 is 19.5 Å². The number of hydrogen-bond acceptors (Lipinski definition) is 3. The van der Waals surface area contributed by atoms with E-state index in [4.69, 9.17) is 14.9 Å². The summed E-state index contributed by atoms with van der Waals surface area (Å²) in [5.41, 5.74) is 0.701. The van der Waals surface area contributed by atoms with Crippen LogP contribution in [-0.2, 0) is 18.1 Å². The minimum atomic E-state index is -1.14. The van der Waals surface area contributed by atoms with E-state index in [0.717, 1.165) is 6.04 Å². The summed E-state index contributed by atoms with van der Waals surface area (Å²) in [6, 6.07) is 4.12. The maximum Gasteiger partial charge on any atom is 0.352 e. The average Bonchev–Trinajstić information content (AvgIpc) is 2.66. The van der Waals surface area contributed by atoms with E-state index in [1.807, 2.05) is 0 Å². The molecule has 102 valence electrons. The molecule has 0 atom stereocenters. The molecular formula is C12H21NO4Si. The maximum absolute atomic E-state index is 11.0. The van der Waals surface area contributed by atoms with Gasteiger partial charge in [0.05, 0.1) is 6.61 Å². The van der Waals surface area contributed by atoms with Gasteiger partial charge in [0.25, 0.3) is 0 Å². The summed E-state index contributed by atoms with van der Waals surface area (Å²) in [5, 5.41) is 18.1. The van der Waals surface area contributed by atoms with Crippen LogP contribution in [0.3, 0.4) is 0 Å². The highest BCUT2D eigenvalue weighted by Gasteiger charge is 2.15. The number of aromatic nitrogens is 1. The lowest BCUT2D eigenvalue weighted by molar-refractivity contribution is 0.0608. The fraction of sp³-hybridized carbons (Fsp3) is 0.583. The standard InChI is InChI=1S/C12H21NO4Si/c1-18(2,3)7-6-17-9-13-10(8-14)4-5-11(13)12(15)16/h4-5,14H,6-9H2,1-3H3,(H,15,16). The van der Waals surface area contributed by atoms with Crippen molar-refractivity contribution in [2.75, 3.05) is 6.61 Å². The van der Waals surface area contributed by atoms with Crippen molar-refractivity contribution in [1.82, 2.24) is 4.57 Å². The van der Waals surface area contributed by atoms with Crippen LogP contribution < -0.4 is 0 Å². The fourth-order valence-corrected chi connectivity index (χ4v) is 2.28. The highest BCUT2D eigenvalue weighted by atomic mass is 28.3. The molecule has 18 heavy (non-hydrogen) atoms. The lowest BCUT2D eigenvalue weighted by Gasteiger charge is -2.16. The van der Waals surface area contributed by atoms with Gasteiger partial charge in [-0.05, 0) is 18.2 Å². The molecule has 0 fully saturated rings. The number of aromatic carboxylic acids is 1. The Kier molecular flexibility index (Phi) is 5.12. The molecule has 1 aromatic rings. The van der Waals surface area contributed by atoms with Gasteiger partial charge in [-0.25, -0.2) is 4.79 Å². The van der Waals surface area contributed by atoms with Crippen LogP contribution in [0.1, 0.15) is 16.2 Å². The molecule has 0 bridgehead atoms. The van der Waals surface area contributed by atoms with E-state index in [1.54, 1.807) is 6.07 Å². The van der Waals surface area contributed by atoms with Crippen LogP contribution in [0, 0.1) is 0 Å². The van der Waals surface area contributed by atoms with E-state index in [9.17, 15) is 4.79 Å². The second kappa shape index (κ2) is 6.17. The molecule has 0 unspecified atom stereocenters. The van der Waals surface area contributed by atoms with Crippen LogP contribution in [0.4, 0.5) is 0 Å². The predicted molar refractivity (Wildman–Crippen MR) is 71.4 cm³/mol. The van der Waals surface area contributed by atoms with Crippen LogP contribution in [-0.4, -0.2) is 35.4 Å². The second-order valence-electron chi connectivity index (χ2n) is 5.45. The first kappa shape index (κ1) is 14.9. The quantitative estimate of drug-likeness (QED) is 0.587. The Hall–Kier alpha value is -1.11. The Bertz CT molecular complexity index is 409. The third kappa shape index (κ3) is 4.28. The SMILES string of the molecule is C[Si](C)(C)CCOCn1c(CO)ccc1C(=O)O. The van der Waals surface area contributed by atoms with Crippen molar-refractivity contribution >= 4 is 14.0 Å². The number of aliphatic hydroxyl groups excluding tert-OH is 1. The smallest absolute Gasteiger partial charge is 0.352 e. The van der Waals surface area contributed by atoms with Crippen molar-refractivity contribution in [3.05, 3.63) is 23.5 Å². The molecule has 2 N–H and O–H groups in total. The Morgan fingerprint density at radius 2 is 2.06 bits per heavy atom. The molecule has 0 radical (unpaired) electrons. The fourth-order valence-electron chi connectivity index (χ4n) is 1.52. The number of carboxylic acids is 1. The summed E-state index contributed by atoms with van der Waals surface area (Å²) in [5.74, 6) is -1.01. The Morgan fingerprint density at radius 3 is 2.56 bits per heavy atom. The zero-order valence-corrected chi connectivity index (χ0v) is 12.1. The topological polar surface area (TPSA) is 71.7 Å². The Morgan fingerprint density at radius 1 is 1.39 bits per heavy atom. The first-order chi connectivity index (χ1) is 8.35. The first-order valence-electron chi connectivity index (χ1n) is 5.95. The van der Waals surface area contributed by atoms with E-state index >= 15 is 0 Å². The molecule has 1 heterocycles. The van der Waals surface area contributed by atoms with Crippen molar-refractivity contribution in [3.63, 3.8) is 0 Å². The van der Waals surface area contributed by atoms with Gasteiger partial charge in [-0.3, -0.25) is 0 Å². The van der Waals surface area contributed by atoms with Gasteiger partial charge >= 0.3 is 5.97 Å². The number of rotatable bonds is 7. The van der Waals surface area contributed by atoms with E-state index < -0.39 is 14.0 Å². The summed E-state index contributed by atoms with van der Waals surface area (Å²) in [6.45, 7) is 7.38. The van der Waals surface area contributed by atoms with Crippen molar-refractivity contribution in [2.24, 2.45) is 0 Å².